The third-order valence-electron chi connectivity index (χ3n) is 6.28. The zero-order valence-corrected chi connectivity index (χ0v) is 17.1. The first-order valence-corrected chi connectivity index (χ1v) is 10.4. The van der Waals surface area contributed by atoms with Crippen LogP contribution < -0.4 is 4.74 Å². The Kier molecular flexibility index (Phi) is 4.57. The van der Waals surface area contributed by atoms with Crippen molar-refractivity contribution in [1.29, 1.82) is 0 Å². The molecule has 0 spiro atoms. The Labute approximate surface area is 174 Å². The predicted molar refractivity (Wildman–Crippen MR) is 113 cm³/mol. The lowest BCUT2D eigenvalue weighted by Crippen LogP contribution is -2.39. The molecule has 1 aliphatic heterocycles. The van der Waals surface area contributed by atoms with Crippen molar-refractivity contribution in [3.63, 3.8) is 0 Å². The Bertz CT molecular complexity index is 1170. The van der Waals surface area contributed by atoms with Gasteiger partial charge in [-0.25, -0.2) is 4.39 Å². The van der Waals surface area contributed by atoms with Crippen LogP contribution in [0.3, 0.4) is 0 Å². The summed E-state index contributed by atoms with van der Waals surface area (Å²) in [5.41, 5.74) is 5.32. The Morgan fingerprint density at radius 2 is 2.07 bits per heavy atom. The molecule has 5 nitrogen and oxygen atoms in total. The summed E-state index contributed by atoms with van der Waals surface area (Å²) >= 11 is 0. The van der Waals surface area contributed by atoms with Crippen LogP contribution in [0.2, 0.25) is 0 Å². The first-order chi connectivity index (χ1) is 14.6. The summed E-state index contributed by atoms with van der Waals surface area (Å²) in [4.78, 5) is 15.0. The zero-order valence-electron chi connectivity index (χ0n) is 17.1. The van der Waals surface area contributed by atoms with Gasteiger partial charge in [0, 0.05) is 36.0 Å². The Morgan fingerprint density at radius 3 is 2.80 bits per heavy atom. The van der Waals surface area contributed by atoms with Gasteiger partial charge in [-0.1, -0.05) is 12.1 Å². The number of carbonyl (C=O) groups excluding carboxylic acids is 1. The van der Waals surface area contributed by atoms with Crippen LogP contribution in [0.1, 0.15) is 48.1 Å². The number of aromatic nitrogens is 1. The van der Waals surface area contributed by atoms with Crippen LogP contribution in [-0.4, -0.2) is 36.2 Å². The molecule has 5 rings (SSSR count). The SMILES string of the molecule is CCc1cc2c(cc1OC)C(C(=O)N1CCC(c3noc4cc(F)ccc34)CC1)=C2. The van der Waals surface area contributed by atoms with Crippen molar-refractivity contribution >= 4 is 28.5 Å². The second kappa shape index (κ2) is 7.27. The van der Waals surface area contributed by atoms with E-state index in [4.69, 9.17) is 9.26 Å². The minimum Gasteiger partial charge on any atom is -0.496 e. The average molecular weight is 406 g/mol. The molecule has 154 valence electrons. The van der Waals surface area contributed by atoms with Crippen LogP contribution in [0.25, 0.3) is 22.6 Å². The van der Waals surface area contributed by atoms with Crippen molar-refractivity contribution in [2.45, 2.75) is 32.1 Å². The van der Waals surface area contributed by atoms with Crippen LogP contribution in [0, 0.1) is 5.82 Å². The van der Waals surface area contributed by atoms with E-state index in [0.29, 0.717) is 18.7 Å². The van der Waals surface area contributed by atoms with Gasteiger partial charge in [-0.2, -0.15) is 0 Å². The predicted octanol–water partition coefficient (Wildman–Crippen LogP) is 4.80. The quantitative estimate of drug-likeness (QED) is 0.625. The average Bonchev–Trinajstić information content (AvgIpc) is 3.17. The van der Waals surface area contributed by atoms with Crippen molar-refractivity contribution in [1.82, 2.24) is 10.1 Å². The molecule has 1 aliphatic carbocycles. The molecule has 0 N–H and O–H groups in total. The van der Waals surface area contributed by atoms with Gasteiger partial charge in [-0.3, -0.25) is 4.79 Å². The van der Waals surface area contributed by atoms with E-state index >= 15 is 0 Å². The molecular weight excluding hydrogens is 383 g/mol. The molecule has 3 aromatic rings. The molecule has 0 saturated carbocycles. The minimum atomic E-state index is -0.331. The maximum absolute atomic E-state index is 13.4. The maximum Gasteiger partial charge on any atom is 0.254 e. The van der Waals surface area contributed by atoms with Gasteiger partial charge in [0.1, 0.15) is 11.6 Å². The standard InChI is InChI=1S/C24H23FN2O3/c1-3-14-10-16-11-20(19(16)13-21(14)29-2)24(28)27-8-6-15(7-9-27)23-18-5-4-17(25)12-22(18)30-26-23/h4-5,10-13,15H,3,6-9H2,1-2H3. The number of hydrogen-bond donors (Lipinski definition) is 0. The number of likely N-dealkylation sites (tertiary alicyclic amines) is 1. The fourth-order valence-electron chi connectivity index (χ4n) is 4.55. The first kappa shape index (κ1) is 18.9. The van der Waals surface area contributed by atoms with E-state index in [2.05, 4.69) is 18.1 Å². The molecule has 0 radical (unpaired) electrons. The van der Waals surface area contributed by atoms with E-state index in [-0.39, 0.29) is 17.6 Å². The summed E-state index contributed by atoms with van der Waals surface area (Å²) in [6, 6.07) is 8.61. The number of benzene rings is 2. The highest BCUT2D eigenvalue weighted by atomic mass is 19.1. The first-order valence-electron chi connectivity index (χ1n) is 10.4. The fourth-order valence-corrected chi connectivity index (χ4v) is 4.55. The van der Waals surface area contributed by atoms with Gasteiger partial charge in [0.05, 0.1) is 12.8 Å². The topological polar surface area (TPSA) is 55.6 Å². The van der Waals surface area contributed by atoms with E-state index < -0.39 is 0 Å². The van der Waals surface area contributed by atoms with Gasteiger partial charge in [0.2, 0.25) is 0 Å². The van der Waals surface area contributed by atoms with Gasteiger partial charge in [-0.15, -0.1) is 0 Å². The number of carbonyl (C=O) groups is 1. The molecule has 6 heteroatoms. The number of amides is 1. The number of ether oxygens (including phenoxy) is 1. The monoisotopic (exact) mass is 406 g/mol. The summed E-state index contributed by atoms with van der Waals surface area (Å²) < 4.78 is 24.2. The van der Waals surface area contributed by atoms with E-state index in [9.17, 15) is 9.18 Å². The second-order valence-corrected chi connectivity index (χ2v) is 7.94. The van der Waals surface area contributed by atoms with Crippen molar-refractivity contribution in [3.05, 3.63) is 58.5 Å². The Balaban J connectivity index is 1.29. The van der Waals surface area contributed by atoms with Crippen molar-refractivity contribution < 1.29 is 18.4 Å². The number of rotatable bonds is 4. The Hall–Kier alpha value is -3.15. The maximum atomic E-state index is 13.4. The van der Waals surface area contributed by atoms with Crippen molar-refractivity contribution in [2.75, 3.05) is 20.2 Å². The van der Waals surface area contributed by atoms with E-state index in [1.54, 1.807) is 13.2 Å². The third-order valence-corrected chi connectivity index (χ3v) is 6.28. The highest BCUT2D eigenvalue weighted by Gasteiger charge is 2.32. The molecule has 2 aliphatic rings. The smallest absolute Gasteiger partial charge is 0.254 e. The molecule has 0 unspecified atom stereocenters. The van der Waals surface area contributed by atoms with Gasteiger partial charge < -0.3 is 14.2 Å². The molecule has 0 bridgehead atoms. The van der Waals surface area contributed by atoms with Crippen molar-refractivity contribution in [3.8, 4) is 5.75 Å². The van der Waals surface area contributed by atoms with Gasteiger partial charge in [0.25, 0.3) is 5.91 Å². The zero-order chi connectivity index (χ0) is 20.8. The van der Waals surface area contributed by atoms with E-state index in [1.807, 2.05) is 17.0 Å². The van der Waals surface area contributed by atoms with Crippen LogP contribution >= 0.6 is 0 Å². The van der Waals surface area contributed by atoms with Crippen molar-refractivity contribution in [2.24, 2.45) is 0 Å². The molecule has 2 aromatic carbocycles. The summed E-state index contributed by atoms with van der Waals surface area (Å²) in [7, 11) is 1.66. The minimum absolute atomic E-state index is 0.0688. The lowest BCUT2D eigenvalue weighted by molar-refractivity contribution is -0.126. The van der Waals surface area contributed by atoms with E-state index in [1.165, 1.54) is 12.1 Å². The highest BCUT2D eigenvalue weighted by Crippen LogP contribution is 2.40. The van der Waals surface area contributed by atoms with E-state index in [0.717, 1.165) is 58.4 Å². The molecular formula is C24H23FN2O3. The number of nitrogens with zero attached hydrogens (tertiary/aromatic N) is 2. The lowest BCUT2D eigenvalue weighted by Gasteiger charge is -2.33. The number of piperidine rings is 1. The van der Waals surface area contributed by atoms with Crippen LogP contribution in [0.4, 0.5) is 4.39 Å². The van der Waals surface area contributed by atoms with Gasteiger partial charge in [0.15, 0.2) is 5.58 Å². The number of hydrogen-bond acceptors (Lipinski definition) is 4. The summed E-state index contributed by atoms with van der Waals surface area (Å²) in [5.74, 6) is 0.778. The Morgan fingerprint density at radius 1 is 1.27 bits per heavy atom. The molecule has 2 heterocycles. The molecule has 0 atom stereocenters. The normalized spacial score (nSPS) is 16.2. The fraction of sp³-hybridized carbons (Fsp3) is 0.333. The summed E-state index contributed by atoms with van der Waals surface area (Å²) in [5, 5.41) is 5.04. The molecule has 1 saturated heterocycles. The molecule has 1 fully saturated rings. The molecule has 1 aromatic heterocycles. The van der Waals surface area contributed by atoms with Crippen LogP contribution in [0.15, 0.2) is 34.9 Å². The van der Waals surface area contributed by atoms with Crippen LogP contribution in [-0.2, 0) is 11.2 Å². The number of aryl methyl sites for hydroxylation is 1. The summed E-state index contributed by atoms with van der Waals surface area (Å²) in [6.45, 7) is 3.42. The number of fused-ring (bicyclic) bond motifs is 2. The van der Waals surface area contributed by atoms with Crippen LogP contribution in [0.5, 0.6) is 5.75 Å². The molecule has 1 amide bonds. The van der Waals surface area contributed by atoms with Gasteiger partial charge >= 0.3 is 0 Å². The second-order valence-electron chi connectivity index (χ2n) is 7.94. The highest BCUT2D eigenvalue weighted by molar-refractivity contribution is 6.29. The van der Waals surface area contributed by atoms with Gasteiger partial charge in [-0.05, 0) is 66.3 Å². The molecule has 30 heavy (non-hydrogen) atoms. The largest absolute Gasteiger partial charge is 0.496 e. The summed E-state index contributed by atoms with van der Waals surface area (Å²) in [6.07, 6.45) is 4.48. The number of halogens is 1. The number of methoxy groups -OCH3 is 1. The third kappa shape index (κ3) is 2.98. The lowest BCUT2D eigenvalue weighted by atomic mass is 9.84.